The third-order valence-corrected chi connectivity index (χ3v) is 4.06. The predicted octanol–water partition coefficient (Wildman–Crippen LogP) is 3.36. The maximum absolute atomic E-state index is 12.5. The highest BCUT2D eigenvalue weighted by molar-refractivity contribution is 5.28. The van der Waals surface area contributed by atoms with Crippen LogP contribution >= 0.6 is 0 Å². The second kappa shape index (κ2) is 5.76. The molecule has 0 amide bonds. The molecule has 118 valence electrons. The topological polar surface area (TPSA) is 38.0 Å². The number of aliphatic hydroxyl groups excluding tert-OH is 1. The van der Waals surface area contributed by atoms with Gasteiger partial charge in [-0.05, 0) is 30.5 Å². The van der Waals surface area contributed by atoms with E-state index in [0.717, 1.165) is 48.6 Å². The van der Waals surface area contributed by atoms with Crippen molar-refractivity contribution in [3.05, 3.63) is 53.1 Å². The summed E-state index contributed by atoms with van der Waals surface area (Å²) in [6, 6.07) is 5.18. The van der Waals surface area contributed by atoms with Crippen molar-refractivity contribution in [1.29, 1.82) is 0 Å². The van der Waals surface area contributed by atoms with E-state index in [4.69, 9.17) is 0 Å². The summed E-state index contributed by atoms with van der Waals surface area (Å²) in [6.45, 7) is 0.961. The summed E-state index contributed by atoms with van der Waals surface area (Å²) in [5, 5.41) is 9.38. The second-order valence-electron chi connectivity index (χ2n) is 5.68. The number of rotatable bonds is 3. The van der Waals surface area contributed by atoms with Gasteiger partial charge in [0.2, 0.25) is 0 Å². The summed E-state index contributed by atoms with van der Waals surface area (Å²) in [5.74, 6) is 0.950. The first-order valence-electron chi connectivity index (χ1n) is 7.30. The predicted molar refractivity (Wildman–Crippen MR) is 75.5 cm³/mol. The zero-order valence-electron chi connectivity index (χ0n) is 12.0. The Morgan fingerprint density at radius 1 is 1.23 bits per heavy atom. The maximum Gasteiger partial charge on any atom is 0.416 e. The Morgan fingerprint density at radius 3 is 2.59 bits per heavy atom. The van der Waals surface area contributed by atoms with E-state index in [9.17, 15) is 18.3 Å². The van der Waals surface area contributed by atoms with E-state index in [2.05, 4.69) is 4.98 Å². The number of hydrogen-bond donors (Lipinski definition) is 1. The molecule has 1 N–H and O–H groups in total. The van der Waals surface area contributed by atoms with Crippen molar-refractivity contribution in [2.75, 3.05) is 6.61 Å². The van der Waals surface area contributed by atoms with E-state index in [1.165, 1.54) is 12.1 Å². The zero-order valence-corrected chi connectivity index (χ0v) is 12.0. The molecule has 1 aromatic heterocycles. The average Bonchev–Trinajstić information content (AvgIpc) is 2.89. The van der Waals surface area contributed by atoms with Gasteiger partial charge in [0.25, 0.3) is 0 Å². The highest BCUT2D eigenvalue weighted by Crippen LogP contribution is 2.30. The van der Waals surface area contributed by atoms with Crippen LogP contribution in [0, 0.1) is 0 Å². The third-order valence-electron chi connectivity index (χ3n) is 4.06. The van der Waals surface area contributed by atoms with Gasteiger partial charge in [-0.25, -0.2) is 4.98 Å². The molecule has 3 nitrogen and oxygen atoms in total. The molecule has 0 bridgehead atoms. The van der Waals surface area contributed by atoms with Crippen LogP contribution in [0.2, 0.25) is 0 Å². The second-order valence-corrected chi connectivity index (χ2v) is 5.68. The molecule has 1 aliphatic rings. The Morgan fingerprint density at radius 2 is 1.95 bits per heavy atom. The maximum atomic E-state index is 12.5. The summed E-state index contributed by atoms with van der Waals surface area (Å²) in [6.07, 6.45) is 0.0625. The fourth-order valence-corrected chi connectivity index (χ4v) is 2.91. The first kappa shape index (κ1) is 15.1. The van der Waals surface area contributed by atoms with Crippen molar-refractivity contribution in [1.82, 2.24) is 9.55 Å². The zero-order chi connectivity index (χ0) is 15.7. The number of hydrogen-bond acceptors (Lipinski definition) is 2. The van der Waals surface area contributed by atoms with Crippen molar-refractivity contribution in [3.8, 4) is 0 Å². The van der Waals surface area contributed by atoms with Gasteiger partial charge in [0.15, 0.2) is 0 Å². The molecule has 2 aromatic rings. The van der Waals surface area contributed by atoms with Gasteiger partial charge in [-0.3, -0.25) is 0 Å². The van der Waals surface area contributed by atoms with Crippen LogP contribution in [0.25, 0.3) is 0 Å². The van der Waals surface area contributed by atoms with E-state index in [1.807, 2.05) is 10.8 Å². The fourth-order valence-electron chi connectivity index (χ4n) is 2.91. The summed E-state index contributed by atoms with van der Waals surface area (Å²) in [7, 11) is 0. The van der Waals surface area contributed by atoms with Crippen molar-refractivity contribution in [2.45, 2.75) is 37.9 Å². The lowest BCUT2D eigenvalue weighted by Crippen LogP contribution is -2.18. The number of nitrogens with zero attached hydrogens (tertiary/aromatic N) is 2. The Bertz CT molecular complexity index is 646. The number of fused-ring (bicyclic) bond motifs is 1. The molecule has 0 saturated heterocycles. The molecule has 1 atom stereocenters. The van der Waals surface area contributed by atoms with E-state index >= 15 is 0 Å². The summed E-state index contributed by atoms with van der Waals surface area (Å²) < 4.78 is 39.7. The highest BCUT2D eigenvalue weighted by atomic mass is 19.4. The van der Waals surface area contributed by atoms with Crippen LogP contribution in [-0.2, 0) is 19.1 Å². The van der Waals surface area contributed by atoms with E-state index in [0.29, 0.717) is 6.42 Å². The molecule has 0 aliphatic carbocycles. The largest absolute Gasteiger partial charge is 0.416 e. The molecular weight excluding hydrogens is 293 g/mol. The third kappa shape index (κ3) is 3.02. The van der Waals surface area contributed by atoms with E-state index in [1.54, 1.807) is 0 Å². The molecule has 2 heterocycles. The molecule has 0 saturated carbocycles. The van der Waals surface area contributed by atoms with Crippen LogP contribution in [0.1, 0.15) is 41.4 Å². The Hall–Kier alpha value is -1.82. The van der Waals surface area contributed by atoms with Gasteiger partial charge in [0.05, 0.1) is 17.9 Å². The standard InChI is InChI=1S/C16H17F3N2O/c17-16(18,19)13-5-3-11(4-6-13)8-14-9-21-7-1-2-12(10-22)15(21)20-14/h3-6,9,12,22H,1-2,7-8,10H2. The lowest BCUT2D eigenvalue weighted by molar-refractivity contribution is -0.137. The minimum Gasteiger partial charge on any atom is -0.396 e. The number of imidazole rings is 1. The molecule has 0 fully saturated rings. The van der Waals surface area contributed by atoms with Gasteiger partial charge in [-0.2, -0.15) is 13.2 Å². The minimum absolute atomic E-state index is 0.0649. The number of alkyl halides is 3. The lowest BCUT2D eigenvalue weighted by Gasteiger charge is -2.21. The van der Waals surface area contributed by atoms with Crippen molar-refractivity contribution >= 4 is 0 Å². The van der Waals surface area contributed by atoms with Crippen LogP contribution in [0.3, 0.4) is 0 Å². The molecular formula is C16H17F3N2O. The minimum atomic E-state index is -4.31. The molecule has 3 rings (SSSR count). The fraction of sp³-hybridized carbons (Fsp3) is 0.438. The number of aliphatic hydroxyl groups is 1. The number of aromatic nitrogens is 2. The number of benzene rings is 1. The van der Waals surface area contributed by atoms with Gasteiger partial charge in [-0.1, -0.05) is 12.1 Å². The SMILES string of the molecule is OCC1CCCn2cc(Cc3ccc(C(F)(F)F)cc3)nc21. The van der Waals surface area contributed by atoms with Gasteiger partial charge in [0.1, 0.15) is 5.82 Å². The Balaban J connectivity index is 1.78. The number of aryl methyl sites for hydroxylation is 1. The molecule has 22 heavy (non-hydrogen) atoms. The summed E-state index contributed by atoms with van der Waals surface area (Å²) in [5.41, 5.74) is 0.986. The first-order valence-corrected chi connectivity index (χ1v) is 7.30. The summed E-state index contributed by atoms with van der Waals surface area (Å²) >= 11 is 0. The highest BCUT2D eigenvalue weighted by Gasteiger charge is 2.30. The molecule has 0 spiro atoms. The molecule has 1 aliphatic heterocycles. The Labute approximate surface area is 126 Å². The average molecular weight is 310 g/mol. The van der Waals surface area contributed by atoms with E-state index in [-0.39, 0.29) is 12.5 Å². The molecule has 1 unspecified atom stereocenters. The van der Waals surface area contributed by atoms with Crippen LogP contribution in [0.4, 0.5) is 13.2 Å². The van der Waals surface area contributed by atoms with Crippen LogP contribution in [0.5, 0.6) is 0 Å². The molecule has 1 aromatic carbocycles. The first-order chi connectivity index (χ1) is 10.5. The quantitative estimate of drug-likeness (QED) is 0.944. The molecule has 0 radical (unpaired) electrons. The molecule has 6 heteroatoms. The number of halogens is 3. The Kier molecular flexibility index (Phi) is 3.95. The monoisotopic (exact) mass is 310 g/mol. The van der Waals surface area contributed by atoms with Crippen LogP contribution < -0.4 is 0 Å². The van der Waals surface area contributed by atoms with Gasteiger partial charge in [-0.15, -0.1) is 0 Å². The van der Waals surface area contributed by atoms with Crippen LogP contribution in [-0.4, -0.2) is 21.3 Å². The smallest absolute Gasteiger partial charge is 0.396 e. The van der Waals surface area contributed by atoms with Crippen molar-refractivity contribution < 1.29 is 18.3 Å². The van der Waals surface area contributed by atoms with E-state index < -0.39 is 11.7 Å². The lowest BCUT2D eigenvalue weighted by atomic mass is 10.0. The van der Waals surface area contributed by atoms with Gasteiger partial charge in [0, 0.05) is 25.1 Å². The normalized spacial score (nSPS) is 18.3. The van der Waals surface area contributed by atoms with Crippen molar-refractivity contribution in [2.24, 2.45) is 0 Å². The van der Waals surface area contributed by atoms with Crippen LogP contribution in [0.15, 0.2) is 30.5 Å². The van der Waals surface area contributed by atoms with Gasteiger partial charge >= 0.3 is 6.18 Å². The van der Waals surface area contributed by atoms with Gasteiger partial charge < -0.3 is 9.67 Å². The van der Waals surface area contributed by atoms with Crippen molar-refractivity contribution in [3.63, 3.8) is 0 Å². The summed E-state index contributed by atoms with van der Waals surface area (Å²) in [4.78, 5) is 4.55.